The lowest BCUT2D eigenvalue weighted by Crippen LogP contribution is -2.15. The van der Waals surface area contributed by atoms with Crippen LogP contribution in [0.5, 0.6) is 11.5 Å². The highest BCUT2D eigenvalue weighted by atomic mass is 35.5. The zero-order chi connectivity index (χ0) is 22.4. The van der Waals surface area contributed by atoms with E-state index in [9.17, 15) is 4.79 Å². The Bertz CT molecular complexity index is 1060. The lowest BCUT2D eigenvalue weighted by Gasteiger charge is -2.16. The van der Waals surface area contributed by atoms with Gasteiger partial charge in [0.15, 0.2) is 17.1 Å². The Balaban J connectivity index is 1.64. The van der Waals surface area contributed by atoms with Gasteiger partial charge in [-0.1, -0.05) is 41.0 Å². The van der Waals surface area contributed by atoms with Gasteiger partial charge in [0.1, 0.15) is 11.5 Å². The van der Waals surface area contributed by atoms with E-state index >= 15 is 0 Å². The van der Waals surface area contributed by atoms with Crippen LogP contribution in [0.4, 0.5) is 5.69 Å². The van der Waals surface area contributed by atoms with Gasteiger partial charge in [-0.3, -0.25) is 4.79 Å². The zero-order valence-electron chi connectivity index (χ0n) is 17.3. The molecular weight excluding hydrogens is 459 g/mol. The number of aromatic nitrogens is 3. The second kappa shape index (κ2) is 10.7. The minimum Gasteiger partial charge on any atom is -0.497 e. The highest BCUT2D eigenvalue weighted by molar-refractivity contribution is 7.99. The van der Waals surface area contributed by atoms with Crippen LogP contribution >= 0.6 is 35.0 Å². The summed E-state index contributed by atoms with van der Waals surface area (Å²) in [6, 6.07) is 12.3. The predicted molar refractivity (Wildman–Crippen MR) is 124 cm³/mol. The van der Waals surface area contributed by atoms with E-state index < -0.39 is 0 Å². The Labute approximate surface area is 195 Å². The van der Waals surface area contributed by atoms with Gasteiger partial charge in [0.2, 0.25) is 5.91 Å². The number of benzene rings is 2. The average molecular weight is 481 g/mol. The number of hydrogen-bond donors (Lipinski definition) is 1. The molecule has 0 saturated heterocycles. The van der Waals surface area contributed by atoms with Crippen LogP contribution in [0.25, 0.3) is 0 Å². The summed E-state index contributed by atoms with van der Waals surface area (Å²) in [6.07, 6.45) is -0.337. The van der Waals surface area contributed by atoms with Gasteiger partial charge in [0, 0.05) is 17.6 Å². The lowest BCUT2D eigenvalue weighted by molar-refractivity contribution is -0.113. The Morgan fingerprint density at radius 2 is 1.97 bits per heavy atom. The SMILES string of the molecule is CCn1c(SCC(=O)Nc2ccc(Cl)cc2Cl)nnc1C(C)Oc1cccc(OC)c1. The van der Waals surface area contributed by atoms with Crippen LogP contribution in [0.15, 0.2) is 47.6 Å². The molecule has 0 fully saturated rings. The third kappa shape index (κ3) is 6.06. The van der Waals surface area contributed by atoms with Gasteiger partial charge in [-0.15, -0.1) is 10.2 Å². The smallest absolute Gasteiger partial charge is 0.234 e. The number of ether oxygens (including phenoxy) is 2. The number of thioether (sulfide) groups is 1. The molecule has 3 aromatic rings. The summed E-state index contributed by atoms with van der Waals surface area (Å²) >= 11 is 13.3. The third-order valence-electron chi connectivity index (χ3n) is 4.32. The third-order valence-corrected chi connectivity index (χ3v) is 5.83. The minimum absolute atomic E-state index is 0.155. The Kier molecular flexibility index (Phi) is 8.06. The summed E-state index contributed by atoms with van der Waals surface area (Å²) in [5, 5.41) is 12.8. The van der Waals surface area contributed by atoms with Crippen molar-refractivity contribution >= 4 is 46.6 Å². The van der Waals surface area contributed by atoms with E-state index in [0.29, 0.717) is 44.8 Å². The molecule has 0 aliphatic carbocycles. The van der Waals surface area contributed by atoms with Crippen LogP contribution in [-0.2, 0) is 11.3 Å². The van der Waals surface area contributed by atoms with Crippen molar-refractivity contribution in [3.63, 3.8) is 0 Å². The molecule has 0 aliphatic rings. The number of amides is 1. The van der Waals surface area contributed by atoms with E-state index in [4.69, 9.17) is 32.7 Å². The topological polar surface area (TPSA) is 78.3 Å². The maximum atomic E-state index is 12.3. The zero-order valence-corrected chi connectivity index (χ0v) is 19.6. The van der Waals surface area contributed by atoms with E-state index in [1.54, 1.807) is 25.3 Å². The summed E-state index contributed by atoms with van der Waals surface area (Å²) < 4.78 is 13.2. The van der Waals surface area contributed by atoms with E-state index in [1.165, 1.54) is 11.8 Å². The van der Waals surface area contributed by atoms with E-state index in [0.717, 1.165) is 0 Å². The lowest BCUT2D eigenvalue weighted by atomic mass is 10.3. The largest absolute Gasteiger partial charge is 0.497 e. The fourth-order valence-corrected chi connectivity index (χ4v) is 4.11. The molecule has 1 N–H and O–H groups in total. The van der Waals surface area contributed by atoms with Crippen LogP contribution in [-0.4, -0.2) is 33.5 Å². The van der Waals surface area contributed by atoms with Gasteiger partial charge >= 0.3 is 0 Å². The van der Waals surface area contributed by atoms with Crippen molar-refractivity contribution < 1.29 is 14.3 Å². The molecule has 2 aromatic carbocycles. The number of nitrogens with one attached hydrogen (secondary N) is 1. The molecule has 10 heteroatoms. The molecule has 1 amide bonds. The molecular formula is C21H22Cl2N4O3S. The van der Waals surface area contributed by atoms with Gasteiger partial charge in [0.05, 0.1) is 23.6 Å². The Morgan fingerprint density at radius 1 is 1.19 bits per heavy atom. The first kappa shape index (κ1) is 23.2. The van der Waals surface area contributed by atoms with Gasteiger partial charge in [-0.2, -0.15) is 0 Å². The van der Waals surface area contributed by atoms with Crippen molar-refractivity contribution in [2.45, 2.75) is 31.7 Å². The molecule has 3 rings (SSSR count). The maximum absolute atomic E-state index is 12.3. The monoisotopic (exact) mass is 480 g/mol. The van der Waals surface area contributed by atoms with Gasteiger partial charge in [-0.05, 0) is 44.2 Å². The molecule has 0 aliphatic heterocycles. The average Bonchev–Trinajstić information content (AvgIpc) is 3.17. The van der Waals surface area contributed by atoms with Crippen LogP contribution < -0.4 is 14.8 Å². The molecule has 7 nitrogen and oxygen atoms in total. The van der Waals surface area contributed by atoms with Crippen molar-refractivity contribution in [3.8, 4) is 11.5 Å². The summed E-state index contributed by atoms with van der Waals surface area (Å²) in [6.45, 7) is 4.53. The van der Waals surface area contributed by atoms with Gasteiger partial charge < -0.3 is 19.4 Å². The fourth-order valence-electron chi connectivity index (χ4n) is 2.84. The molecule has 0 bridgehead atoms. The first-order chi connectivity index (χ1) is 14.9. The number of carbonyl (C=O) groups excluding carboxylic acids is 1. The molecule has 31 heavy (non-hydrogen) atoms. The predicted octanol–water partition coefficient (Wildman–Crippen LogP) is 5.48. The molecule has 1 aromatic heterocycles. The number of rotatable bonds is 9. The van der Waals surface area contributed by atoms with Gasteiger partial charge in [-0.25, -0.2) is 0 Å². The molecule has 0 radical (unpaired) electrons. The van der Waals surface area contributed by atoms with E-state index in [2.05, 4.69) is 15.5 Å². The quantitative estimate of drug-likeness (QED) is 0.408. The van der Waals surface area contributed by atoms with Gasteiger partial charge in [0.25, 0.3) is 0 Å². The van der Waals surface area contributed by atoms with Crippen molar-refractivity contribution in [3.05, 3.63) is 58.3 Å². The highest BCUT2D eigenvalue weighted by Gasteiger charge is 2.20. The molecule has 1 atom stereocenters. The molecule has 0 spiro atoms. The molecule has 1 unspecified atom stereocenters. The molecule has 1 heterocycles. The van der Waals surface area contributed by atoms with Crippen molar-refractivity contribution in [2.75, 3.05) is 18.2 Å². The minimum atomic E-state index is -0.337. The number of nitrogens with zero attached hydrogens (tertiary/aromatic N) is 3. The standard InChI is InChI=1S/C21H22Cl2N4O3S/c1-4-27-20(13(2)30-16-7-5-6-15(11-16)29-3)25-26-21(27)31-12-19(28)24-18-9-8-14(22)10-17(18)23/h5-11,13H,4,12H2,1-3H3,(H,24,28). The highest BCUT2D eigenvalue weighted by Crippen LogP contribution is 2.28. The first-order valence-electron chi connectivity index (χ1n) is 9.52. The second-order valence-corrected chi connectivity index (χ2v) is 8.27. The summed E-state index contributed by atoms with van der Waals surface area (Å²) in [7, 11) is 1.61. The molecule has 164 valence electrons. The first-order valence-corrected chi connectivity index (χ1v) is 11.3. The summed E-state index contributed by atoms with van der Waals surface area (Å²) in [4.78, 5) is 12.3. The Hall–Kier alpha value is -2.42. The van der Waals surface area contributed by atoms with Crippen LogP contribution in [0.2, 0.25) is 10.0 Å². The summed E-state index contributed by atoms with van der Waals surface area (Å²) in [5.41, 5.74) is 0.509. The number of halogens is 2. The van der Waals surface area contributed by atoms with Crippen molar-refractivity contribution in [2.24, 2.45) is 0 Å². The fraction of sp³-hybridized carbons (Fsp3) is 0.286. The van der Waals surface area contributed by atoms with Crippen molar-refractivity contribution in [1.82, 2.24) is 14.8 Å². The normalized spacial score (nSPS) is 11.8. The number of methoxy groups -OCH3 is 1. The van der Waals surface area contributed by atoms with E-state index in [1.807, 2.05) is 42.7 Å². The summed E-state index contributed by atoms with van der Waals surface area (Å²) in [5.74, 6) is 2.01. The molecule has 0 saturated carbocycles. The maximum Gasteiger partial charge on any atom is 0.234 e. The van der Waals surface area contributed by atoms with Crippen LogP contribution in [0, 0.1) is 0 Å². The van der Waals surface area contributed by atoms with Crippen molar-refractivity contribution in [1.29, 1.82) is 0 Å². The number of carbonyl (C=O) groups is 1. The Morgan fingerprint density at radius 3 is 2.68 bits per heavy atom. The van der Waals surface area contributed by atoms with Crippen LogP contribution in [0.1, 0.15) is 25.8 Å². The van der Waals surface area contributed by atoms with Crippen LogP contribution in [0.3, 0.4) is 0 Å². The second-order valence-electron chi connectivity index (χ2n) is 6.49. The van der Waals surface area contributed by atoms with E-state index in [-0.39, 0.29) is 17.8 Å². The number of hydrogen-bond acceptors (Lipinski definition) is 6. The number of anilines is 1.